The number of halogens is 1. The monoisotopic (exact) mass is 308 g/mol. The fourth-order valence-corrected chi connectivity index (χ4v) is 2.26. The zero-order chi connectivity index (χ0) is 14.2. The number of benzene rings is 1. The number of ether oxygens (including phenoxy) is 2. The third-order valence-corrected chi connectivity index (χ3v) is 3.29. The van der Waals surface area contributed by atoms with Crippen LogP contribution in [0.15, 0.2) is 24.3 Å². The van der Waals surface area contributed by atoms with Gasteiger partial charge >= 0.3 is 0 Å². The largest absolute Gasteiger partial charge is 0.475 e. The Kier molecular flexibility index (Phi) is 7.66. The number of nitrogens with one attached hydrogen (secondary N) is 1. The molecule has 0 aliphatic carbocycles. The third kappa shape index (κ3) is 6.07. The van der Waals surface area contributed by atoms with Gasteiger partial charge in [0.2, 0.25) is 0 Å². The van der Waals surface area contributed by atoms with Crippen molar-refractivity contribution < 1.29 is 9.47 Å². The standard InChI is InChI=1S/C16H20N2O2.ClH/c1-19-16(17)8-11-20-15-7-5-6-14(12-15)13-18-9-3-2-4-10-18;/h5-7,12,17H,2-4,9-10,13H2,1H3;1H. The summed E-state index contributed by atoms with van der Waals surface area (Å²) in [6.45, 7) is 3.31. The molecule has 114 valence electrons. The summed E-state index contributed by atoms with van der Waals surface area (Å²) in [4.78, 5) is 2.47. The minimum atomic E-state index is -0.102. The molecule has 0 aromatic heterocycles. The summed E-state index contributed by atoms with van der Waals surface area (Å²) < 4.78 is 9.94. The van der Waals surface area contributed by atoms with E-state index in [4.69, 9.17) is 10.1 Å². The van der Waals surface area contributed by atoms with Crippen LogP contribution in [0.4, 0.5) is 0 Å². The van der Waals surface area contributed by atoms with E-state index < -0.39 is 0 Å². The molecule has 21 heavy (non-hydrogen) atoms. The lowest BCUT2D eigenvalue weighted by Crippen LogP contribution is -2.29. The molecular formula is C16H21ClN2O2. The number of rotatable bonds is 3. The van der Waals surface area contributed by atoms with Crippen LogP contribution < -0.4 is 4.74 Å². The van der Waals surface area contributed by atoms with Gasteiger partial charge < -0.3 is 9.47 Å². The fraction of sp³-hybridized carbons (Fsp3) is 0.438. The van der Waals surface area contributed by atoms with E-state index in [2.05, 4.69) is 27.7 Å². The van der Waals surface area contributed by atoms with E-state index in [0.29, 0.717) is 5.75 Å². The van der Waals surface area contributed by atoms with Crippen LogP contribution in [0.3, 0.4) is 0 Å². The van der Waals surface area contributed by atoms with Gasteiger partial charge in [0, 0.05) is 12.5 Å². The molecule has 1 N–H and O–H groups in total. The first-order chi connectivity index (χ1) is 9.78. The molecule has 5 heteroatoms. The van der Waals surface area contributed by atoms with E-state index in [0.717, 1.165) is 6.54 Å². The van der Waals surface area contributed by atoms with E-state index in [1.807, 2.05) is 18.2 Å². The van der Waals surface area contributed by atoms with Crippen molar-refractivity contribution in [3.8, 4) is 17.8 Å². The summed E-state index contributed by atoms with van der Waals surface area (Å²) in [6.07, 6.45) is 6.40. The summed E-state index contributed by atoms with van der Waals surface area (Å²) in [6, 6.07) is 7.94. The molecule has 0 spiro atoms. The maximum Gasteiger partial charge on any atom is 0.263 e. The normalized spacial score (nSPS) is 14.3. The van der Waals surface area contributed by atoms with Crippen molar-refractivity contribution in [1.29, 1.82) is 5.41 Å². The number of hydrogen-bond donors (Lipinski definition) is 1. The van der Waals surface area contributed by atoms with Crippen LogP contribution in [0.25, 0.3) is 0 Å². The molecule has 0 atom stereocenters. The smallest absolute Gasteiger partial charge is 0.263 e. The Morgan fingerprint density at radius 1 is 1.29 bits per heavy atom. The highest BCUT2D eigenvalue weighted by Gasteiger charge is 2.10. The summed E-state index contributed by atoms with van der Waals surface area (Å²) in [5, 5.41) is 7.23. The lowest BCUT2D eigenvalue weighted by molar-refractivity contribution is 0.221. The molecular weight excluding hydrogens is 288 g/mol. The third-order valence-electron chi connectivity index (χ3n) is 3.29. The van der Waals surface area contributed by atoms with Crippen LogP contribution in [0.2, 0.25) is 0 Å². The van der Waals surface area contributed by atoms with Crippen molar-refractivity contribution in [2.75, 3.05) is 20.2 Å². The maximum absolute atomic E-state index is 7.23. The van der Waals surface area contributed by atoms with Crippen LogP contribution in [-0.4, -0.2) is 31.0 Å². The van der Waals surface area contributed by atoms with Crippen LogP contribution in [-0.2, 0) is 11.3 Å². The number of piperidine rings is 1. The van der Waals surface area contributed by atoms with E-state index in [9.17, 15) is 0 Å². The van der Waals surface area contributed by atoms with E-state index in [-0.39, 0.29) is 18.3 Å². The minimum absolute atomic E-state index is 0. The Morgan fingerprint density at radius 2 is 2.05 bits per heavy atom. The quantitative estimate of drug-likeness (QED) is 0.530. The highest BCUT2D eigenvalue weighted by molar-refractivity contribution is 5.90. The van der Waals surface area contributed by atoms with Crippen molar-refractivity contribution in [2.45, 2.75) is 25.8 Å². The Hall–Kier alpha value is -1.70. The predicted molar refractivity (Wildman–Crippen MR) is 86.0 cm³/mol. The zero-order valence-corrected chi connectivity index (χ0v) is 13.0. The van der Waals surface area contributed by atoms with Crippen molar-refractivity contribution in [1.82, 2.24) is 4.90 Å². The van der Waals surface area contributed by atoms with Gasteiger partial charge in [-0.1, -0.05) is 18.6 Å². The van der Waals surface area contributed by atoms with E-state index in [1.54, 1.807) is 0 Å². The lowest BCUT2D eigenvalue weighted by atomic mass is 10.1. The first-order valence-electron chi connectivity index (χ1n) is 6.89. The molecule has 0 unspecified atom stereocenters. The predicted octanol–water partition coefficient (Wildman–Crippen LogP) is 3.06. The maximum atomic E-state index is 7.23. The number of likely N-dealkylation sites (tertiary alicyclic amines) is 1. The van der Waals surface area contributed by atoms with Gasteiger partial charge in [-0.05, 0) is 43.6 Å². The first-order valence-corrected chi connectivity index (χ1v) is 6.89. The van der Waals surface area contributed by atoms with E-state index in [1.165, 1.54) is 45.0 Å². The van der Waals surface area contributed by atoms with Crippen LogP contribution in [0, 0.1) is 17.4 Å². The molecule has 0 saturated carbocycles. The van der Waals surface area contributed by atoms with Gasteiger partial charge in [-0.15, -0.1) is 12.4 Å². The van der Waals surface area contributed by atoms with Crippen LogP contribution in [0.1, 0.15) is 24.8 Å². The molecule has 0 radical (unpaired) electrons. The number of methoxy groups -OCH3 is 1. The average molecular weight is 309 g/mol. The Bertz CT molecular complexity index is 516. The average Bonchev–Trinajstić information content (AvgIpc) is 2.48. The van der Waals surface area contributed by atoms with Gasteiger partial charge in [0.15, 0.2) is 0 Å². The number of nitrogens with zero attached hydrogens (tertiary/aromatic N) is 1. The van der Waals surface area contributed by atoms with Crippen molar-refractivity contribution in [2.24, 2.45) is 0 Å². The molecule has 1 aromatic rings. The summed E-state index contributed by atoms with van der Waals surface area (Å²) >= 11 is 0. The second-order valence-electron chi connectivity index (χ2n) is 4.85. The van der Waals surface area contributed by atoms with Gasteiger partial charge in [-0.2, -0.15) is 0 Å². The first kappa shape index (κ1) is 17.4. The van der Waals surface area contributed by atoms with Crippen molar-refractivity contribution in [3.05, 3.63) is 29.8 Å². The Morgan fingerprint density at radius 3 is 2.76 bits per heavy atom. The van der Waals surface area contributed by atoms with Gasteiger partial charge in [0.1, 0.15) is 11.9 Å². The molecule has 0 amide bonds. The summed E-state index contributed by atoms with van der Waals surface area (Å²) in [5.41, 5.74) is 1.23. The second-order valence-corrected chi connectivity index (χ2v) is 4.85. The molecule has 1 aromatic carbocycles. The van der Waals surface area contributed by atoms with Crippen molar-refractivity contribution >= 4 is 18.3 Å². The van der Waals surface area contributed by atoms with Crippen LogP contribution >= 0.6 is 12.4 Å². The topological polar surface area (TPSA) is 45.6 Å². The molecule has 2 rings (SSSR count). The summed E-state index contributed by atoms with van der Waals surface area (Å²) in [5.74, 6) is 3.06. The SMILES string of the molecule is COC(=N)C#COc1cccc(CN2CCCCC2)c1.Cl. The molecule has 0 bridgehead atoms. The van der Waals surface area contributed by atoms with Crippen molar-refractivity contribution in [3.63, 3.8) is 0 Å². The molecule has 1 saturated heterocycles. The molecule has 1 heterocycles. The van der Waals surface area contributed by atoms with Gasteiger partial charge in [0.25, 0.3) is 5.90 Å². The van der Waals surface area contributed by atoms with Gasteiger partial charge in [-0.25, -0.2) is 0 Å². The molecule has 4 nitrogen and oxygen atoms in total. The zero-order valence-electron chi connectivity index (χ0n) is 12.2. The summed E-state index contributed by atoms with van der Waals surface area (Å²) in [7, 11) is 1.41. The lowest BCUT2D eigenvalue weighted by Gasteiger charge is -2.26. The van der Waals surface area contributed by atoms with Gasteiger partial charge in [0.05, 0.1) is 7.11 Å². The number of hydrogen-bond acceptors (Lipinski definition) is 4. The highest BCUT2D eigenvalue weighted by atomic mass is 35.5. The molecule has 1 fully saturated rings. The Labute approximate surface area is 132 Å². The molecule has 1 aliphatic heterocycles. The fourth-order valence-electron chi connectivity index (χ4n) is 2.26. The highest BCUT2D eigenvalue weighted by Crippen LogP contribution is 2.17. The minimum Gasteiger partial charge on any atom is -0.475 e. The Balaban J connectivity index is 0.00000220. The van der Waals surface area contributed by atoms with E-state index >= 15 is 0 Å². The molecule has 1 aliphatic rings. The van der Waals surface area contributed by atoms with Gasteiger partial charge in [-0.3, -0.25) is 10.3 Å². The second kappa shape index (κ2) is 9.28. The van der Waals surface area contributed by atoms with Crippen LogP contribution in [0.5, 0.6) is 5.75 Å².